The molecule has 0 fully saturated rings. The largest absolute Gasteiger partial charge is 0.301 e. The van der Waals surface area contributed by atoms with Crippen molar-refractivity contribution < 1.29 is 0 Å². The van der Waals surface area contributed by atoms with Crippen molar-refractivity contribution in [2.75, 3.05) is 0 Å². The van der Waals surface area contributed by atoms with Gasteiger partial charge in [0.15, 0.2) is 0 Å². The lowest BCUT2D eigenvalue weighted by atomic mass is 10.3. The van der Waals surface area contributed by atoms with Gasteiger partial charge in [-0.25, -0.2) is 0 Å². The molecule has 0 unspecified atom stereocenters. The quantitative estimate of drug-likeness (QED) is 0.435. The monoisotopic (exact) mass is 376 g/mol. The molecule has 0 bridgehead atoms. The molecule has 1 aromatic heterocycles. The van der Waals surface area contributed by atoms with Crippen molar-refractivity contribution in [1.82, 2.24) is 10.2 Å². The van der Waals surface area contributed by atoms with Gasteiger partial charge in [0, 0.05) is 22.4 Å². The van der Waals surface area contributed by atoms with Gasteiger partial charge in [-0.2, -0.15) is 0 Å². The van der Waals surface area contributed by atoms with Crippen LogP contribution in [0.15, 0.2) is 15.8 Å². The first-order valence-corrected chi connectivity index (χ1v) is 7.70. The summed E-state index contributed by atoms with van der Waals surface area (Å²) in [6, 6.07) is 1.44. The van der Waals surface area contributed by atoms with Gasteiger partial charge in [-0.1, -0.05) is 58.0 Å². The van der Waals surface area contributed by atoms with E-state index in [4.69, 9.17) is 58.0 Å². The lowest BCUT2D eigenvalue weighted by molar-refractivity contribution is 1.02. The maximum Gasteiger partial charge on any atom is 0.264 e. The Labute approximate surface area is 137 Å². The highest BCUT2D eigenvalue weighted by atomic mass is 35.5. The number of thioether (sulfide) groups is 1. The molecule has 0 atom stereocenters. The number of benzene rings is 1. The summed E-state index contributed by atoms with van der Waals surface area (Å²) in [6.45, 7) is 0. The van der Waals surface area contributed by atoms with E-state index in [9.17, 15) is 4.79 Å². The van der Waals surface area contributed by atoms with Crippen molar-refractivity contribution in [2.24, 2.45) is 0 Å². The first kappa shape index (κ1) is 15.4. The van der Waals surface area contributed by atoms with E-state index >= 15 is 0 Å². The number of nitrogens with one attached hydrogen (secondary N) is 2. The third-order valence-electron chi connectivity index (χ3n) is 2.19. The van der Waals surface area contributed by atoms with Crippen molar-refractivity contribution in [3.63, 3.8) is 0 Å². The number of halogens is 5. The molecular weight excluding hydrogens is 373 g/mol. The molecule has 0 radical (unpaired) electrons. The van der Waals surface area contributed by atoms with Crippen molar-refractivity contribution in [3.8, 4) is 0 Å². The fraction of sp³-hybridized carbons (Fsp3) is 0.100. The van der Waals surface area contributed by atoms with Crippen LogP contribution >= 0.6 is 69.8 Å². The number of aromatic nitrogens is 2. The Hall–Kier alpha value is 0.0300. The molecule has 2 aromatic rings. The molecule has 102 valence electrons. The van der Waals surface area contributed by atoms with E-state index in [2.05, 4.69) is 10.2 Å². The predicted octanol–water partition coefficient (Wildman–Crippen LogP) is 5.26. The minimum atomic E-state index is -0.208. The second-order valence-corrected chi connectivity index (χ2v) is 6.35. The van der Waals surface area contributed by atoms with E-state index in [-0.39, 0.29) is 30.7 Å². The molecule has 0 amide bonds. The summed E-state index contributed by atoms with van der Waals surface area (Å²) < 4.78 is 0. The lowest BCUT2D eigenvalue weighted by Gasteiger charge is -2.11. The molecule has 0 spiro atoms. The average molecular weight is 378 g/mol. The maximum atomic E-state index is 11.0. The SMILES string of the molecule is O=c1cc(CSc2c(Cl)c(Cl)c(Cl)c(Cl)c2Cl)[nH][nH]1. The minimum absolute atomic E-state index is 0.123. The summed E-state index contributed by atoms with van der Waals surface area (Å²) in [5.74, 6) is 0.451. The van der Waals surface area contributed by atoms with E-state index in [0.717, 1.165) is 0 Å². The summed E-state index contributed by atoms with van der Waals surface area (Å²) in [6.07, 6.45) is 0. The molecule has 0 aliphatic rings. The predicted molar refractivity (Wildman–Crippen MR) is 82.5 cm³/mol. The average Bonchev–Trinajstić information content (AvgIpc) is 2.80. The Morgan fingerprint density at radius 3 is 1.89 bits per heavy atom. The third kappa shape index (κ3) is 3.20. The Kier molecular flexibility index (Phi) is 5.04. The topological polar surface area (TPSA) is 48.6 Å². The molecule has 1 heterocycles. The van der Waals surface area contributed by atoms with Crippen LogP contribution < -0.4 is 5.56 Å². The minimum Gasteiger partial charge on any atom is -0.301 e. The second-order valence-electron chi connectivity index (χ2n) is 3.47. The molecule has 0 aliphatic heterocycles. The molecule has 0 saturated heterocycles. The summed E-state index contributed by atoms with van der Waals surface area (Å²) in [4.78, 5) is 11.5. The van der Waals surface area contributed by atoms with Crippen LogP contribution in [-0.4, -0.2) is 10.2 Å². The first-order valence-electron chi connectivity index (χ1n) is 4.82. The van der Waals surface area contributed by atoms with E-state index in [1.165, 1.54) is 17.8 Å². The van der Waals surface area contributed by atoms with Gasteiger partial charge in [-0.3, -0.25) is 9.89 Å². The Bertz CT molecular complexity index is 652. The summed E-state index contributed by atoms with van der Waals surface area (Å²) in [5.41, 5.74) is 0.490. The van der Waals surface area contributed by atoms with Crippen LogP contribution in [0.5, 0.6) is 0 Å². The van der Waals surface area contributed by atoms with Gasteiger partial charge >= 0.3 is 0 Å². The van der Waals surface area contributed by atoms with E-state index in [1.54, 1.807) is 0 Å². The number of hydrogen-bond acceptors (Lipinski definition) is 2. The molecule has 0 aliphatic carbocycles. The molecule has 2 rings (SSSR count). The third-order valence-corrected chi connectivity index (χ3v) is 5.85. The highest BCUT2D eigenvalue weighted by Crippen LogP contribution is 2.48. The van der Waals surface area contributed by atoms with E-state index in [1.807, 2.05) is 0 Å². The van der Waals surface area contributed by atoms with Crippen molar-refractivity contribution >= 4 is 69.8 Å². The van der Waals surface area contributed by atoms with E-state index in [0.29, 0.717) is 16.3 Å². The van der Waals surface area contributed by atoms with Gasteiger partial charge < -0.3 is 5.10 Å². The van der Waals surface area contributed by atoms with Crippen LogP contribution in [0.1, 0.15) is 5.69 Å². The molecule has 0 saturated carbocycles. The fourth-order valence-corrected chi connectivity index (χ4v) is 3.80. The van der Waals surface area contributed by atoms with Gasteiger partial charge in [0.1, 0.15) is 0 Å². The van der Waals surface area contributed by atoms with Gasteiger partial charge in [0.2, 0.25) is 0 Å². The first-order chi connectivity index (χ1) is 8.91. The molecular formula is C10H5Cl5N2OS. The zero-order chi connectivity index (χ0) is 14.2. The van der Waals surface area contributed by atoms with Gasteiger partial charge in [-0.15, -0.1) is 11.8 Å². The van der Waals surface area contributed by atoms with Crippen LogP contribution in [0, 0.1) is 0 Å². The number of aromatic amines is 2. The van der Waals surface area contributed by atoms with Crippen LogP contribution in [0.2, 0.25) is 25.1 Å². The van der Waals surface area contributed by atoms with Gasteiger partial charge in [0.05, 0.1) is 25.1 Å². The van der Waals surface area contributed by atoms with Crippen LogP contribution in [-0.2, 0) is 5.75 Å². The normalized spacial score (nSPS) is 11.0. The fourth-order valence-electron chi connectivity index (χ4n) is 1.31. The lowest BCUT2D eigenvalue weighted by Crippen LogP contribution is -1.93. The van der Waals surface area contributed by atoms with Gasteiger partial charge in [0.25, 0.3) is 5.56 Å². The van der Waals surface area contributed by atoms with Crippen molar-refractivity contribution in [3.05, 3.63) is 47.2 Å². The number of H-pyrrole nitrogens is 2. The highest BCUT2D eigenvalue weighted by molar-refractivity contribution is 7.98. The van der Waals surface area contributed by atoms with Crippen molar-refractivity contribution in [1.29, 1.82) is 0 Å². The standard InChI is InChI=1S/C10H5Cl5N2OS/c11-5-6(12)8(14)10(9(15)7(5)13)19-2-3-1-4(18)17-16-3/h1H,2H2,(H2,16,17,18). The smallest absolute Gasteiger partial charge is 0.264 e. The van der Waals surface area contributed by atoms with Crippen LogP contribution in [0.25, 0.3) is 0 Å². The summed E-state index contributed by atoms with van der Waals surface area (Å²) >= 11 is 31.3. The summed E-state index contributed by atoms with van der Waals surface area (Å²) in [5, 5.41) is 6.06. The number of rotatable bonds is 3. The number of hydrogen-bond donors (Lipinski definition) is 2. The highest BCUT2D eigenvalue weighted by Gasteiger charge is 2.19. The van der Waals surface area contributed by atoms with Crippen LogP contribution in [0.3, 0.4) is 0 Å². The molecule has 2 N–H and O–H groups in total. The summed E-state index contributed by atoms with van der Waals surface area (Å²) in [7, 11) is 0. The molecule has 3 nitrogen and oxygen atoms in total. The maximum absolute atomic E-state index is 11.0. The van der Waals surface area contributed by atoms with E-state index < -0.39 is 0 Å². The zero-order valence-electron chi connectivity index (χ0n) is 8.99. The van der Waals surface area contributed by atoms with Crippen LogP contribution in [0.4, 0.5) is 0 Å². The second kappa shape index (κ2) is 6.20. The van der Waals surface area contributed by atoms with Crippen molar-refractivity contribution in [2.45, 2.75) is 10.6 Å². The van der Waals surface area contributed by atoms with Gasteiger partial charge in [-0.05, 0) is 0 Å². The Balaban J connectivity index is 2.32. The molecule has 19 heavy (non-hydrogen) atoms. The molecule has 9 heteroatoms. The Morgan fingerprint density at radius 1 is 0.895 bits per heavy atom. The Morgan fingerprint density at radius 2 is 1.42 bits per heavy atom. The molecule has 1 aromatic carbocycles. The zero-order valence-corrected chi connectivity index (χ0v) is 13.6.